The molecule has 4 N–H and O–H groups in total. The van der Waals surface area contributed by atoms with Gasteiger partial charge >= 0.3 is 0 Å². The number of hydrogen-bond acceptors (Lipinski definition) is 8. The predicted octanol–water partition coefficient (Wildman–Crippen LogP) is 4.61. The van der Waals surface area contributed by atoms with Crippen LogP contribution in [-0.4, -0.2) is 72.5 Å². The van der Waals surface area contributed by atoms with Crippen molar-refractivity contribution in [3.05, 3.63) is 77.6 Å². The van der Waals surface area contributed by atoms with Crippen LogP contribution in [0.4, 0.5) is 0 Å². The van der Waals surface area contributed by atoms with Crippen molar-refractivity contribution in [2.75, 3.05) is 19.6 Å². The molecule has 0 radical (unpaired) electrons. The molecule has 224 valence electrons. The van der Waals surface area contributed by atoms with Crippen molar-refractivity contribution in [2.24, 2.45) is 0 Å². The Hall–Kier alpha value is -4.90. The van der Waals surface area contributed by atoms with E-state index in [4.69, 9.17) is 4.74 Å². The molecule has 11 nitrogen and oxygen atoms in total. The fourth-order valence-corrected chi connectivity index (χ4v) is 5.04. The number of carbonyl (C=O) groups excluding carboxylic acids is 2. The summed E-state index contributed by atoms with van der Waals surface area (Å²) in [5.41, 5.74) is 2.04. The van der Waals surface area contributed by atoms with E-state index in [1.807, 2.05) is 13.8 Å². The van der Waals surface area contributed by atoms with E-state index in [0.29, 0.717) is 66.4 Å². The molecule has 4 aromatic rings. The van der Waals surface area contributed by atoms with Gasteiger partial charge in [0.1, 0.15) is 23.0 Å². The quantitative estimate of drug-likeness (QED) is 0.234. The lowest BCUT2D eigenvalue weighted by Gasteiger charge is -2.29. The molecule has 1 aliphatic rings. The molecule has 43 heavy (non-hydrogen) atoms. The first kappa shape index (κ1) is 29.6. The molecule has 0 spiro atoms. The van der Waals surface area contributed by atoms with E-state index < -0.39 is 5.91 Å². The first-order chi connectivity index (χ1) is 20.7. The Balaban J connectivity index is 1.41. The Labute approximate surface area is 249 Å². The second kappa shape index (κ2) is 12.5. The van der Waals surface area contributed by atoms with Crippen LogP contribution >= 0.6 is 0 Å². The highest BCUT2D eigenvalue weighted by Gasteiger charge is 2.25. The van der Waals surface area contributed by atoms with Gasteiger partial charge in [0.05, 0.1) is 11.7 Å². The van der Waals surface area contributed by atoms with Gasteiger partial charge in [-0.1, -0.05) is 13.8 Å². The molecule has 0 aliphatic carbocycles. The van der Waals surface area contributed by atoms with E-state index in [2.05, 4.69) is 15.5 Å². The number of nitrogens with one attached hydrogen (secondary N) is 1. The third-order valence-corrected chi connectivity index (χ3v) is 7.39. The molecule has 11 heteroatoms. The van der Waals surface area contributed by atoms with Gasteiger partial charge in [-0.15, -0.1) is 10.2 Å². The zero-order valence-electron chi connectivity index (χ0n) is 24.3. The lowest BCUT2D eigenvalue weighted by Crippen LogP contribution is -2.40. The Morgan fingerprint density at radius 3 is 2.19 bits per heavy atom. The highest BCUT2D eigenvalue weighted by molar-refractivity contribution is 5.94. The number of aliphatic hydroxyl groups is 1. The van der Waals surface area contributed by atoms with Gasteiger partial charge in [0.15, 0.2) is 5.82 Å². The second-order valence-electron chi connectivity index (χ2n) is 10.8. The van der Waals surface area contributed by atoms with Crippen LogP contribution in [-0.2, 0) is 0 Å². The number of hydrogen-bond donors (Lipinski definition) is 4. The van der Waals surface area contributed by atoms with Gasteiger partial charge in [-0.2, -0.15) is 0 Å². The third-order valence-electron chi connectivity index (χ3n) is 7.39. The third kappa shape index (κ3) is 6.31. The van der Waals surface area contributed by atoms with Crippen molar-refractivity contribution in [3.8, 4) is 40.1 Å². The van der Waals surface area contributed by atoms with Crippen molar-refractivity contribution in [1.82, 2.24) is 25.0 Å². The van der Waals surface area contributed by atoms with Crippen LogP contribution in [0, 0.1) is 0 Å². The number of phenolic OH excluding ortho intramolecular Hbond substituents is 2. The van der Waals surface area contributed by atoms with E-state index in [9.17, 15) is 24.9 Å². The minimum Gasteiger partial charge on any atom is -0.508 e. The topological polar surface area (TPSA) is 150 Å². The summed E-state index contributed by atoms with van der Waals surface area (Å²) in [7, 11) is 0. The van der Waals surface area contributed by atoms with Crippen LogP contribution < -0.4 is 10.1 Å². The van der Waals surface area contributed by atoms with E-state index in [1.165, 1.54) is 6.07 Å². The fraction of sp³-hybridized carbons (Fsp3) is 0.312. The van der Waals surface area contributed by atoms with Gasteiger partial charge < -0.3 is 30.3 Å². The second-order valence-corrected chi connectivity index (χ2v) is 10.8. The zero-order valence-corrected chi connectivity index (χ0v) is 24.3. The fourth-order valence-electron chi connectivity index (χ4n) is 5.04. The van der Waals surface area contributed by atoms with Gasteiger partial charge in [-0.05, 0) is 85.8 Å². The Morgan fingerprint density at radius 2 is 1.58 bits per heavy atom. The summed E-state index contributed by atoms with van der Waals surface area (Å²) in [5.74, 6) is 0.578. The minimum absolute atomic E-state index is 0.0269. The van der Waals surface area contributed by atoms with Crippen molar-refractivity contribution in [3.63, 3.8) is 0 Å². The normalized spacial score (nSPS) is 13.7. The van der Waals surface area contributed by atoms with Gasteiger partial charge in [0, 0.05) is 37.0 Å². The predicted molar refractivity (Wildman–Crippen MR) is 160 cm³/mol. The maximum Gasteiger partial charge on any atom is 0.289 e. The molecule has 1 aromatic heterocycles. The summed E-state index contributed by atoms with van der Waals surface area (Å²) in [6, 6.07) is 16.8. The van der Waals surface area contributed by atoms with E-state index in [1.54, 1.807) is 71.0 Å². The minimum atomic E-state index is -0.431. The van der Waals surface area contributed by atoms with E-state index >= 15 is 0 Å². The summed E-state index contributed by atoms with van der Waals surface area (Å²) >= 11 is 0. The molecule has 0 unspecified atom stereocenters. The lowest BCUT2D eigenvalue weighted by atomic mass is 9.98. The van der Waals surface area contributed by atoms with Gasteiger partial charge in [0.25, 0.3) is 11.8 Å². The monoisotopic (exact) mass is 585 g/mol. The summed E-state index contributed by atoms with van der Waals surface area (Å²) in [4.78, 5) is 27.4. The van der Waals surface area contributed by atoms with Crippen molar-refractivity contribution in [1.29, 1.82) is 0 Å². The van der Waals surface area contributed by atoms with Gasteiger partial charge in [-0.3, -0.25) is 14.2 Å². The SMILES string of the molecule is CCNC(=O)c1nnc(-c2cc(C(C)C)c(O)cc2O)n1-c1ccc(Oc2ccc(C(=O)N3CCC(O)CC3)cc2)cc1. The molecular formula is C32H35N5O6. The number of amides is 2. The number of piperidine rings is 1. The average molecular weight is 586 g/mol. The van der Waals surface area contributed by atoms with Crippen LogP contribution in [0.3, 0.4) is 0 Å². The van der Waals surface area contributed by atoms with Gasteiger partial charge in [0.2, 0.25) is 5.82 Å². The maximum absolute atomic E-state index is 12.9. The molecule has 1 aliphatic heterocycles. The van der Waals surface area contributed by atoms with Crippen LogP contribution in [0.1, 0.15) is 66.1 Å². The first-order valence-electron chi connectivity index (χ1n) is 14.3. The van der Waals surface area contributed by atoms with Crippen molar-refractivity contribution >= 4 is 11.8 Å². The molecule has 2 amide bonds. The van der Waals surface area contributed by atoms with Crippen molar-refractivity contribution in [2.45, 2.75) is 45.6 Å². The van der Waals surface area contributed by atoms with Crippen LogP contribution in [0.2, 0.25) is 0 Å². The number of likely N-dealkylation sites (tertiary alicyclic amines) is 1. The number of nitrogens with zero attached hydrogens (tertiary/aromatic N) is 4. The van der Waals surface area contributed by atoms with Crippen LogP contribution in [0.25, 0.3) is 17.1 Å². The number of aromatic hydroxyl groups is 2. The highest BCUT2D eigenvalue weighted by atomic mass is 16.5. The summed E-state index contributed by atoms with van der Waals surface area (Å²) in [5, 5.41) is 41.9. The molecule has 1 saturated heterocycles. The van der Waals surface area contributed by atoms with Gasteiger partial charge in [-0.25, -0.2) is 0 Å². The number of aliphatic hydroxyl groups excluding tert-OH is 1. The summed E-state index contributed by atoms with van der Waals surface area (Å²) in [6.45, 7) is 7.10. The standard InChI is InChI=1S/C32H35N5O6/c1-4-33-31(41)30-35-34-29(26-17-25(19(2)3)27(39)18-28(26)40)37(30)21-7-11-24(12-8-21)43-23-9-5-20(6-10-23)32(42)36-15-13-22(38)14-16-36/h5-12,17-19,22,38-40H,4,13-16H2,1-3H3,(H,33,41). The Morgan fingerprint density at radius 1 is 0.953 bits per heavy atom. The Kier molecular flexibility index (Phi) is 8.63. The summed E-state index contributed by atoms with van der Waals surface area (Å²) < 4.78 is 7.55. The number of ether oxygens (including phenoxy) is 1. The largest absolute Gasteiger partial charge is 0.508 e. The maximum atomic E-state index is 12.9. The molecule has 3 aromatic carbocycles. The molecule has 0 saturated carbocycles. The molecule has 0 atom stereocenters. The molecule has 2 heterocycles. The molecule has 0 bridgehead atoms. The molecule has 5 rings (SSSR count). The highest BCUT2D eigenvalue weighted by Crippen LogP contribution is 2.38. The molecule has 1 fully saturated rings. The van der Waals surface area contributed by atoms with Crippen LogP contribution in [0.5, 0.6) is 23.0 Å². The Bertz CT molecular complexity index is 1610. The van der Waals surface area contributed by atoms with E-state index in [-0.39, 0.29) is 41.1 Å². The number of rotatable bonds is 8. The number of carbonyl (C=O) groups is 2. The van der Waals surface area contributed by atoms with E-state index in [0.717, 1.165) is 0 Å². The summed E-state index contributed by atoms with van der Waals surface area (Å²) in [6.07, 6.45) is 0.819. The zero-order chi connectivity index (χ0) is 30.7. The first-order valence-corrected chi connectivity index (χ1v) is 14.3. The van der Waals surface area contributed by atoms with Crippen molar-refractivity contribution < 1.29 is 29.6 Å². The molecular weight excluding hydrogens is 550 g/mol. The number of phenols is 2. The number of aromatic nitrogens is 3. The number of benzene rings is 3. The lowest BCUT2D eigenvalue weighted by molar-refractivity contribution is 0.0546. The van der Waals surface area contributed by atoms with Crippen LogP contribution in [0.15, 0.2) is 60.7 Å². The average Bonchev–Trinajstić information content (AvgIpc) is 3.43. The smallest absolute Gasteiger partial charge is 0.289 e.